The predicted octanol–water partition coefficient (Wildman–Crippen LogP) is 3.27. The van der Waals surface area contributed by atoms with Crippen molar-refractivity contribution >= 4 is 38.9 Å². The molecular formula is C7H9BrClNS. The lowest BCUT2D eigenvalue weighted by Gasteiger charge is -1.94. The number of rotatable bonds is 3. The van der Waals surface area contributed by atoms with Crippen molar-refractivity contribution in [2.75, 3.05) is 6.54 Å². The highest BCUT2D eigenvalue weighted by atomic mass is 79.9. The van der Waals surface area contributed by atoms with Crippen molar-refractivity contribution in [2.24, 2.45) is 0 Å². The van der Waals surface area contributed by atoms with Gasteiger partial charge in [-0.05, 0) is 28.5 Å². The second kappa shape index (κ2) is 4.45. The summed E-state index contributed by atoms with van der Waals surface area (Å²) in [5, 5.41) is 3.24. The first kappa shape index (κ1) is 9.52. The van der Waals surface area contributed by atoms with E-state index in [1.54, 1.807) is 11.3 Å². The zero-order valence-electron chi connectivity index (χ0n) is 6.16. The molecular weight excluding hydrogens is 246 g/mol. The van der Waals surface area contributed by atoms with Crippen LogP contribution in [-0.2, 0) is 6.54 Å². The Balaban J connectivity index is 2.58. The summed E-state index contributed by atoms with van der Waals surface area (Å²) in [7, 11) is 0. The first-order chi connectivity index (χ1) is 5.24. The second-order valence-corrected chi connectivity index (χ2v) is 4.71. The van der Waals surface area contributed by atoms with Crippen LogP contribution in [0.5, 0.6) is 0 Å². The van der Waals surface area contributed by atoms with Crippen molar-refractivity contribution in [1.82, 2.24) is 5.32 Å². The molecule has 0 spiro atoms. The summed E-state index contributed by atoms with van der Waals surface area (Å²) >= 11 is 10.8. The summed E-state index contributed by atoms with van der Waals surface area (Å²) in [5.74, 6) is 0. The topological polar surface area (TPSA) is 12.0 Å². The molecule has 0 fully saturated rings. The van der Waals surface area contributed by atoms with E-state index in [9.17, 15) is 0 Å². The maximum Gasteiger partial charge on any atom is 0.107 e. The maximum absolute atomic E-state index is 5.85. The molecule has 0 aliphatic carbocycles. The van der Waals surface area contributed by atoms with Gasteiger partial charge in [0.2, 0.25) is 0 Å². The van der Waals surface area contributed by atoms with Crippen LogP contribution in [0.3, 0.4) is 0 Å². The van der Waals surface area contributed by atoms with Gasteiger partial charge in [-0.15, -0.1) is 11.3 Å². The van der Waals surface area contributed by atoms with Crippen molar-refractivity contribution in [3.63, 3.8) is 0 Å². The van der Waals surface area contributed by atoms with E-state index in [0.29, 0.717) is 0 Å². The number of halogens is 2. The molecule has 0 radical (unpaired) electrons. The normalized spacial score (nSPS) is 10.5. The van der Waals surface area contributed by atoms with Crippen LogP contribution in [-0.4, -0.2) is 6.54 Å². The molecule has 0 saturated carbocycles. The SMILES string of the molecule is CCNCc1cc(Br)c(Cl)s1. The highest BCUT2D eigenvalue weighted by molar-refractivity contribution is 9.10. The van der Waals surface area contributed by atoms with Crippen LogP contribution in [0.25, 0.3) is 0 Å². The third-order valence-electron chi connectivity index (χ3n) is 1.25. The molecule has 0 atom stereocenters. The molecule has 4 heteroatoms. The molecule has 0 aromatic carbocycles. The molecule has 0 aliphatic rings. The summed E-state index contributed by atoms with van der Waals surface area (Å²) < 4.78 is 1.83. The second-order valence-electron chi connectivity index (χ2n) is 2.11. The Hall–Kier alpha value is 0.430. The lowest BCUT2D eigenvalue weighted by molar-refractivity contribution is 0.735. The number of thiophene rings is 1. The lowest BCUT2D eigenvalue weighted by Crippen LogP contribution is -2.10. The molecule has 1 nitrogen and oxygen atoms in total. The summed E-state index contributed by atoms with van der Waals surface area (Å²) in [6.45, 7) is 3.99. The van der Waals surface area contributed by atoms with Crippen LogP contribution >= 0.6 is 38.9 Å². The Morgan fingerprint density at radius 2 is 2.45 bits per heavy atom. The average Bonchev–Trinajstić information content (AvgIpc) is 2.28. The maximum atomic E-state index is 5.85. The standard InChI is InChI=1S/C7H9BrClNS/c1-2-10-4-5-3-6(8)7(9)11-5/h3,10H,2,4H2,1H3. The Morgan fingerprint density at radius 1 is 1.73 bits per heavy atom. The van der Waals surface area contributed by atoms with Crippen LogP contribution in [0.1, 0.15) is 11.8 Å². The van der Waals surface area contributed by atoms with Gasteiger partial charge >= 0.3 is 0 Å². The number of hydrogen-bond donors (Lipinski definition) is 1. The van der Waals surface area contributed by atoms with Gasteiger partial charge in [0.05, 0.1) is 0 Å². The fourth-order valence-electron chi connectivity index (χ4n) is 0.727. The van der Waals surface area contributed by atoms with Crippen molar-refractivity contribution in [3.05, 3.63) is 19.8 Å². The molecule has 1 aromatic heterocycles. The summed E-state index contributed by atoms with van der Waals surface area (Å²) in [5.41, 5.74) is 0. The fourth-order valence-corrected chi connectivity index (χ4v) is 2.49. The number of nitrogens with one attached hydrogen (secondary N) is 1. The van der Waals surface area contributed by atoms with Gasteiger partial charge < -0.3 is 5.32 Å². The van der Waals surface area contributed by atoms with E-state index in [4.69, 9.17) is 11.6 Å². The first-order valence-electron chi connectivity index (χ1n) is 3.38. The van der Waals surface area contributed by atoms with E-state index in [1.165, 1.54) is 4.88 Å². The van der Waals surface area contributed by atoms with Gasteiger partial charge in [-0.3, -0.25) is 0 Å². The molecule has 11 heavy (non-hydrogen) atoms. The summed E-state index contributed by atoms with van der Waals surface area (Å²) in [4.78, 5) is 1.27. The molecule has 0 bridgehead atoms. The summed E-state index contributed by atoms with van der Waals surface area (Å²) in [6.07, 6.45) is 0. The predicted molar refractivity (Wildman–Crippen MR) is 54.4 cm³/mol. The lowest BCUT2D eigenvalue weighted by atomic mass is 10.4. The van der Waals surface area contributed by atoms with Gasteiger partial charge in [0, 0.05) is 15.9 Å². The van der Waals surface area contributed by atoms with Crippen LogP contribution < -0.4 is 5.32 Å². The van der Waals surface area contributed by atoms with Crippen molar-refractivity contribution in [1.29, 1.82) is 0 Å². The molecule has 1 heterocycles. The Bertz CT molecular complexity index is 217. The van der Waals surface area contributed by atoms with E-state index < -0.39 is 0 Å². The molecule has 0 saturated heterocycles. The minimum Gasteiger partial charge on any atom is -0.312 e. The Labute approximate surface area is 83.9 Å². The first-order valence-corrected chi connectivity index (χ1v) is 5.37. The third-order valence-corrected chi connectivity index (χ3v) is 3.72. The molecule has 0 amide bonds. The Kier molecular flexibility index (Phi) is 3.85. The van der Waals surface area contributed by atoms with Crippen molar-refractivity contribution in [3.8, 4) is 0 Å². The van der Waals surface area contributed by atoms with E-state index in [0.717, 1.165) is 21.9 Å². The van der Waals surface area contributed by atoms with Crippen LogP contribution in [0.2, 0.25) is 4.34 Å². The smallest absolute Gasteiger partial charge is 0.107 e. The van der Waals surface area contributed by atoms with E-state index in [1.807, 2.05) is 0 Å². The highest BCUT2D eigenvalue weighted by Crippen LogP contribution is 2.31. The van der Waals surface area contributed by atoms with Crippen molar-refractivity contribution < 1.29 is 0 Å². The van der Waals surface area contributed by atoms with Gasteiger partial charge in [0.1, 0.15) is 4.34 Å². The Morgan fingerprint density at radius 3 is 2.91 bits per heavy atom. The van der Waals surface area contributed by atoms with Crippen LogP contribution in [0, 0.1) is 0 Å². The highest BCUT2D eigenvalue weighted by Gasteiger charge is 2.02. The molecule has 0 unspecified atom stereocenters. The largest absolute Gasteiger partial charge is 0.312 e. The van der Waals surface area contributed by atoms with Gasteiger partial charge in [-0.2, -0.15) is 0 Å². The van der Waals surface area contributed by atoms with Gasteiger partial charge in [0.15, 0.2) is 0 Å². The zero-order valence-corrected chi connectivity index (χ0v) is 9.31. The monoisotopic (exact) mass is 253 g/mol. The molecule has 62 valence electrons. The number of hydrogen-bond acceptors (Lipinski definition) is 2. The third kappa shape index (κ3) is 2.75. The minimum atomic E-state index is 0.831. The summed E-state index contributed by atoms with van der Waals surface area (Å²) in [6, 6.07) is 2.05. The molecule has 1 rings (SSSR count). The molecule has 1 N–H and O–H groups in total. The fraction of sp³-hybridized carbons (Fsp3) is 0.429. The van der Waals surface area contributed by atoms with Crippen molar-refractivity contribution in [2.45, 2.75) is 13.5 Å². The van der Waals surface area contributed by atoms with Crippen LogP contribution in [0.4, 0.5) is 0 Å². The van der Waals surface area contributed by atoms with E-state index >= 15 is 0 Å². The minimum absolute atomic E-state index is 0.831. The van der Waals surface area contributed by atoms with Gasteiger partial charge in [0.25, 0.3) is 0 Å². The van der Waals surface area contributed by atoms with E-state index in [2.05, 4.69) is 34.2 Å². The van der Waals surface area contributed by atoms with Gasteiger partial charge in [-0.25, -0.2) is 0 Å². The van der Waals surface area contributed by atoms with Gasteiger partial charge in [-0.1, -0.05) is 18.5 Å². The molecule has 0 aliphatic heterocycles. The quantitative estimate of drug-likeness (QED) is 0.873. The molecule has 1 aromatic rings. The zero-order chi connectivity index (χ0) is 8.27. The van der Waals surface area contributed by atoms with E-state index in [-0.39, 0.29) is 0 Å². The average molecular weight is 255 g/mol. The van der Waals surface area contributed by atoms with Crippen LogP contribution in [0.15, 0.2) is 10.5 Å².